The molecule has 6 heteroatoms. The Morgan fingerprint density at radius 3 is 2.65 bits per heavy atom. The summed E-state index contributed by atoms with van der Waals surface area (Å²) < 4.78 is 5.80. The van der Waals surface area contributed by atoms with Gasteiger partial charge in [-0.3, -0.25) is 4.79 Å². The first-order chi connectivity index (χ1) is 10.9. The van der Waals surface area contributed by atoms with Gasteiger partial charge in [0.05, 0.1) is 18.8 Å². The minimum atomic E-state index is -0.866. The Morgan fingerprint density at radius 2 is 1.96 bits per heavy atom. The number of nitrogens with zero attached hydrogens (tertiary/aromatic N) is 4. The highest BCUT2D eigenvalue weighted by atomic mass is 16.5. The number of aromatic nitrogens is 2. The summed E-state index contributed by atoms with van der Waals surface area (Å²) in [5.41, 5.74) is 0.0415. The van der Waals surface area contributed by atoms with E-state index in [0.29, 0.717) is 19.7 Å². The number of ether oxygens (including phenoxy) is 1. The van der Waals surface area contributed by atoms with Crippen molar-refractivity contribution in [1.29, 1.82) is 0 Å². The van der Waals surface area contributed by atoms with Gasteiger partial charge in [-0.25, -0.2) is 0 Å². The van der Waals surface area contributed by atoms with Crippen LogP contribution in [0.25, 0.3) is 10.8 Å². The molecule has 0 radical (unpaired) electrons. The molecule has 1 aromatic carbocycles. The lowest BCUT2D eigenvalue weighted by Crippen LogP contribution is -2.58. The van der Waals surface area contributed by atoms with Crippen molar-refractivity contribution < 1.29 is 9.53 Å². The van der Waals surface area contributed by atoms with Gasteiger partial charge in [0.1, 0.15) is 0 Å². The molecule has 1 aromatic heterocycles. The van der Waals surface area contributed by atoms with Crippen LogP contribution in [0.4, 0.5) is 5.82 Å². The first-order valence-electron chi connectivity index (χ1n) is 7.75. The molecule has 2 heterocycles. The molecule has 0 N–H and O–H groups in total. The normalized spacial score (nSPS) is 21.5. The quantitative estimate of drug-likeness (QED) is 0.843. The summed E-state index contributed by atoms with van der Waals surface area (Å²) in [5, 5.41) is 10.8. The van der Waals surface area contributed by atoms with Crippen LogP contribution in [0, 0.1) is 6.92 Å². The maximum Gasteiger partial charge on any atom is 0.255 e. The SMILES string of the molecule is Cc1nnc(N2CCOC(C)(C(=O)N(C)C)C2)c2ccccc12. The second kappa shape index (κ2) is 5.77. The van der Waals surface area contributed by atoms with Crippen molar-refractivity contribution in [2.75, 3.05) is 38.7 Å². The van der Waals surface area contributed by atoms with Gasteiger partial charge in [0, 0.05) is 31.4 Å². The van der Waals surface area contributed by atoms with Crippen molar-refractivity contribution in [2.24, 2.45) is 0 Å². The molecule has 1 unspecified atom stereocenters. The molecule has 1 aliphatic rings. The number of anilines is 1. The molecule has 0 bridgehead atoms. The molecular formula is C17H22N4O2. The summed E-state index contributed by atoms with van der Waals surface area (Å²) in [4.78, 5) is 16.1. The van der Waals surface area contributed by atoms with Crippen LogP contribution >= 0.6 is 0 Å². The predicted molar refractivity (Wildman–Crippen MR) is 89.5 cm³/mol. The number of rotatable bonds is 2. The molecular weight excluding hydrogens is 292 g/mol. The van der Waals surface area contributed by atoms with Crippen LogP contribution in [0.1, 0.15) is 12.6 Å². The third kappa shape index (κ3) is 2.74. The Kier molecular flexibility index (Phi) is 3.93. The molecule has 6 nitrogen and oxygen atoms in total. The molecule has 0 spiro atoms. The Morgan fingerprint density at radius 1 is 1.26 bits per heavy atom. The molecule has 23 heavy (non-hydrogen) atoms. The third-order valence-electron chi connectivity index (χ3n) is 4.29. The molecule has 1 aliphatic heterocycles. The highest BCUT2D eigenvalue weighted by molar-refractivity contribution is 5.94. The fraction of sp³-hybridized carbons (Fsp3) is 0.471. The molecule has 1 atom stereocenters. The van der Waals surface area contributed by atoms with Crippen LogP contribution in [-0.4, -0.2) is 60.4 Å². The van der Waals surface area contributed by atoms with Crippen molar-refractivity contribution in [1.82, 2.24) is 15.1 Å². The number of fused-ring (bicyclic) bond motifs is 1. The van der Waals surface area contributed by atoms with Gasteiger partial charge in [-0.15, -0.1) is 5.10 Å². The maximum atomic E-state index is 12.5. The van der Waals surface area contributed by atoms with Gasteiger partial charge in [0.15, 0.2) is 11.4 Å². The monoisotopic (exact) mass is 314 g/mol. The number of hydrogen-bond acceptors (Lipinski definition) is 5. The number of carbonyl (C=O) groups excluding carboxylic acids is 1. The van der Waals surface area contributed by atoms with E-state index in [0.717, 1.165) is 22.3 Å². The topological polar surface area (TPSA) is 58.6 Å². The zero-order valence-electron chi connectivity index (χ0n) is 14.0. The summed E-state index contributed by atoms with van der Waals surface area (Å²) in [6.07, 6.45) is 0. The number of likely N-dealkylation sites (N-methyl/N-ethyl adjacent to an activating group) is 1. The average molecular weight is 314 g/mol. The molecule has 1 fully saturated rings. The van der Waals surface area contributed by atoms with Crippen molar-refractivity contribution in [3.05, 3.63) is 30.0 Å². The first kappa shape index (κ1) is 15.7. The molecule has 3 rings (SSSR count). The summed E-state index contributed by atoms with van der Waals surface area (Å²) in [7, 11) is 3.49. The van der Waals surface area contributed by atoms with Crippen molar-refractivity contribution in [3.63, 3.8) is 0 Å². The fourth-order valence-electron chi connectivity index (χ4n) is 3.11. The van der Waals surface area contributed by atoms with Gasteiger partial charge in [-0.2, -0.15) is 5.10 Å². The number of amides is 1. The zero-order valence-corrected chi connectivity index (χ0v) is 14.0. The van der Waals surface area contributed by atoms with Gasteiger partial charge in [-0.1, -0.05) is 24.3 Å². The van der Waals surface area contributed by atoms with Crippen LogP contribution in [0.2, 0.25) is 0 Å². The molecule has 1 saturated heterocycles. The van der Waals surface area contributed by atoms with Gasteiger partial charge in [-0.05, 0) is 13.8 Å². The fourth-order valence-corrected chi connectivity index (χ4v) is 3.11. The van der Waals surface area contributed by atoms with E-state index in [4.69, 9.17) is 4.74 Å². The molecule has 2 aromatic rings. The minimum absolute atomic E-state index is 0.0356. The van der Waals surface area contributed by atoms with Gasteiger partial charge >= 0.3 is 0 Å². The Hall–Kier alpha value is -2.21. The van der Waals surface area contributed by atoms with E-state index in [2.05, 4.69) is 15.1 Å². The van der Waals surface area contributed by atoms with Gasteiger partial charge in [0.2, 0.25) is 0 Å². The Bertz CT molecular complexity index is 746. The summed E-state index contributed by atoms with van der Waals surface area (Å²) in [6.45, 7) is 5.44. The number of aryl methyl sites for hydroxylation is 1. The lowest BCUT2D eigenvalue weighted by Gasteiger charge is -2.41. The van der Waals surface area contributed by atoms with Gasteiger partial charge < -0.3 is 14.5 Å². The highest BCUT2D eigenvalue weighted by Gasteiger charge is 2.41. The predicted octanol–water partition coefficient (Wildman–Crippen LogP) is 1.62. The lowest BCUT2D eigenvalue weighted by atomic mass is 10.0. The second-order valence-corrected chi connectivity index (χ2v) is 6.36. The van der Waals surface area contributed by atoms with Crippen LogP contribution in [0.3, 0.4) is 0 Å². The van der Waals surface area contributed by atoms with Crippen LogP contribution in [-0.2, 0) is 9.53 Å². The Labute approximate surface area is 136 Å². The molecule has 0 aliphatic carbocycles. The summed E-state index contributed by atoms with van der Waals surface area (Å²) >= 11 is 0. The van der Waals surface area contributed by atoms with E-state index < -0.39 is 5.60 Å². The number of morpholine rings is 1. The van der Waals surface area contributed by atoms with E-state index in [1.54, 1.807) is 19.0 Å². The van der Waals surface area contributed by atoms with Crippen molar-refractivity contribution in [3.8, 4) is 0 Å². The highest BCUT2D eigenvalue weighted by Crippen LogP contribution is 2.29. The number of benzene rings is 1. The van der Waals surface area contributed by atoms with Crippen LogP contribution in [0.5, 0.6) is 0 Å². The number of carbonyl (C=O) groups is 1. The number of hydrogen-bond donors (Lipinski definition) is 0. The maximum absolute atomic E-state index is 12.5. The van der Waals surface area contributed by atoms with E-state index in [1.807, 2.05) is 38.1 Å². The third-order valence-corrected chi connectivity index (χ3v) is 4.29. The molecule has 0 saturated carbocycles. The van der Waals surface area contributed by atoms with E-state index >= 15 is 0 Å². The minimum Gasteiger partial charge on any atom is -0.362 e. The Balaban J connectivity index is 1.99. The van der Waals surface area contributed by atoms with Crippen molar-refractivity contribution in [2.45, 2.75) is 19.4 Å². The van der Waals surface area contributed by atoms with E-state index in [9.17, 15) is 4.79 Å². The second-order valence-electron chi connectivity index (χ2n) is 6.36. The smallest absolute Gasteiger partial charge is 0.255 e. The largest absolute Gasteiger partial charge is 0.362 e. The molecule has 122 valence electrons. The van der Waals surface area contributed by atoms with Crippen molar-refractivity contribution >= 4 is 22.5 Å². The van der Waals surface area contributed by atoms with E-state index in [1.165, 1.54) is 0 Å². The average Bonchev–Trinajstić information content (AvgIpc) is 2.54. The summed E-state index contributed by atoms with van der Waals surface area (Å²) in [5.74, 6) is 0.777. The van der Waals surface area contributed by atoms with E-state index in [-0.39, 0.29) is 5.91 Å². The van der Waals surface area contributed by atoms with Gasteiger partial charge in [0.25, 0.3) is 5.91 Å². The van der Waals surface area contributed by atoms with Crippen LogP contribution in [0.15, 0.2) is 24.3 Å². The first-order valence-corrected chi connectivity index (χ1v) is 7.75. The molecule has 1 amide bonds. The standard InChI is InChI=1S/C17H22N4O2/c1-12-13-7-5-6-8-14(13)15(19-18-12)21-9-10-23-17(2,11-21)16(22)20(3)4/h5-8H,9-11H2,1-4H3. The lowest BCUT2D eigenvalue weighted by molar-refractivity contribution is -0.155. The van der Waals surface area contributed by atoms with Crippen LogP contribution < -0.4 is 4.90 Å². The zero-order chi connectivity index (χ0) is 16.6. The summed E-state index contributed by atoms with van der Waals surface area (Å²) in [6, 6.07) is 8.09.